The van der Waals surface area contributed by atoms with Gasteiger partial charge in [0.2, 0.25) is 0 Å². The van der Waals surface area contributed by atoms with Gasteiger partial charge in [-0.25, -0.2) is 4.39 Å². The van der Waals surface area contributed by atoms with Gasteiger partial charge in [-0.05, 0) is 30.3 Å². The molecule has 1 aromatic heterocycles. The molecule has 2 aromatic rings. The lowest BCUT2D eigenvalue weighted by Gasteiger charge is -2.07. The normalized spacial score (nSPS) is 10.8. The van der Waals surface area contributed by atoms with Crippen LogP contribution < -0.4 is 0 Å². The quantitative estimate of drug-likeness (QED) is 0.650. The number of nitro benzene ring substituents is 1. The van der Waals surface area contributed by atoms with E-state index in [0.29, 0.717) is 17.5 Å². The molecule has 9 heteroatoms. The summed E-state index contributed by atoms with van der Waals surface area (Å²) in [5.41, 5.74) is -0.323. The van der Waals surface area contributed by atoms with Gasteiger partial charge in [0.25, 0.3) is 5.69 Å². The van der Waals surface area contributed by atoms with Crippen LogP contribution in [0.15, 0.2) is 28.3 Å². The van der Waals surface area contributed by atoms with E-state index in [4.69, 9.17) is 0 Å². The molecule has 0 atom stereocenters. The Bertz CT molecular complexity index is 662. The molecule has 1 aromatic carbocycles. The van der Waals surface area contributed by atoms with Crippen LogP contribution in [0, 0.1) is 15.9 Å². The van der Waals surface area contributed by atoms with Gasteiger partial charge in [-0.3, -0.25) is 10.1 Å². The Kier molecular flexibility index (Phi) is 4.86. The maximum absolute atomic E-state index is 13.1. The zero-order valence-corrected chi connectivity index (χ0v) is 12.0. The number of hydrogen-bond donors (Lipinski definition) is 1. The van der Waals surface area contributed by atoms with Crippen LogP contribution >= 0.6 is 11.8 Å². The van der Waals surface area contributed by atoms with Gasteiger partial charge in [0.05, 0.1) is 15.9 Å². The Balaban J connectivity index is 2.38. The number of halogens is 1. The first-order valence-corrected chi connectivity index (χ1v) is 7.03. The summed E-state index contributed by atoms with van der Waals surface area (Å²) in [6.45, 7) is 2.27. The van der Waals surface area contributed by atoms with Gasteiger partial charge in [-0.2, -0.15) is 0 Å². The maximum atomic E-state index is 13.1. The van der Waals surface area contributed by atoms with Crippen molar-refractivity contribution in [3.63, 3.8) is 0 Å². The topological polar surface area (TPSA) is 94.1 Å². The van der Waals surface area contributed by atoms with E-state index in [-0.39, 0.29) is 17.2 Å². The van der Waals surface area contributed by atoms with Crippen molar-refractivity contribution in [2.24, 2.45) is 0 Å². The number of benzene rings is 1. The number of aliphatic hydroxyl groups excluding tert-OH is 1. The summed E-state index contributed by atoms with van der Waals surface area (Å²) in [4.78, 5) is 10.6. The molecular weight excluding hydrogens is 299 g/mol. The molecule has 0 spiro atoms. The predicted molar refractivity (Wildman–Crippen MR) is 73.4 cm³/mol. The number of nitro groups is 1. The third kappa shape index (κ3) is 3.37. The Morgan fingerprint density at radius 2 is 2.24 bits per heavy atom. The molecular formula is C12H13FN4O3S. The highest BCUT2D eigenvalue weighted by Crippen LogP contribution is 2.34. The summed E-state index contributed by atoms with van der Waals surface area (Å²) in [6, 6.07) is 3.36. The summed E-state index contributed by atoms with van der Waals surface area (Å²) in [5.74, 6) is -0.277. The number of hydrogen-bond acceptors (Lipinski definition) is 6. The van der Waals surface area contributed by atoms with E-state index in [9.17, 15) is 19.6 Å². The van der Waals surface area contributed by atoms with Crippen LogP contribution in [0.25, 0.3) is 0 Å². The van der Waals surface area contributed by atoms with E-state index in [1.54, 1.807) is 4.57 Å². The zero-order chi connectivity index (χ0) is 15.4. The lowest BCUT2D eigenvalue weighted by molar-refractivity contribution is -0.387. The average molecular weight is 312 g/mol. The van der Waals surface area contributed by atoms with Crippen LogP contribution in [0.1, 0.15) is 19.2 Å². The van der Waals surface area contributed by atoms with Crippen LogP contribution in [0.2, 0.25) is 0 Å². The molecule has 0 bridgehead atoms. The van der Waals surface area contributed by atoms with Crippen molar-refractivity contribution in [3.05, 3.63) is 40.0 Å². The summed E-state index contributed by atoms with van der Waals surface area (Å²) >= 11 is 1.02. The average Bonchev–Trinajstić information content (AvgIpc) is 2.83. The van der Waals surface area contributed by atoms with E-state index in [1.807, 2.05) is 6.92 Å². The summed E-state index contributed by atoms with van der Waals surface area (Å²) in [5, 5.41) is 28.4. The van der Waals surface area contributed by atoms with Gasteiger partial charge in [-0.15, -0.1) is 10.2 Å². The van der Waals surface area contributed by atoms with Gasteiger partial charge >= 0.3 is 0 Å². The van der Waals surface area contributed by atoms with Crippen molar-refractivity contribution < 1.29 is 14.4 Å². The van der Waals surface area contributed by atoms with E-state index in [1.165, 1.54) is 6.07 Å². The van der Waals surface area contributed by atoms with E-state index in [0.717, 1.165) is 30.3 Å². The molecule has 21 heavy (non-hydrogen) atoms. The molecule has 0 amide bonds. The van der Waals surface area contributed by atoms with Crippen molar-refractivity contribution in [3.8, 4) is 0 Å². The Morgan fingerprint density at radius 1 is 1.48 bits per heavy atom. The third-order valence-electron chi connectivity index (χ3n) is 2.70. The highest BCUT2D eigenvalue weighted by atomic mass is 32.2. The Hall–Kier alpha value is -2.00. The highest BCUT2D eigenvalue weighted by molar-refractivity contribution is 7.99. The fraction of sp³-hybridized carbons (Fsp3) is 0.333. The van der Waals surface area contributed by atoms with Crippen LogP contribution in [0.4, 0.5) is 10.1 Å². The van der Waals surface area contributed by atoms with Crippen LogP contribution in [-0.4, -0.2) is 24.8 Å². The van der Waals surface area contributed by atoms with Crippen molar-refractivity contribution >= 4 is 17.4 Å². The van der Waals surface area contributed by atoms with Gasteiger partial charge < -0.3 is 9.67 Å². The monoisotopic (exact) mass is 312 g/mol. The summed E-state index contributed by atoms with van der Waals surface area (Å²) in [6.07, 6.45) is 0.796. The summed E-state index contributed by atoms with van der Waals surface area (Å²) < 4.78 is 14.8. The molecule has 1 heterocycles. The Morgan fingerprint density at radius 3 is 2.86 bits per heavy atom. The fourth-order valence-electron chi connectivity index (χ4n) is 1.78. The molecule has 1 N–H and O–H groups in total. The summed E-state index contributed by atoms with van der Waals surface area (Å²) in [7, 11) is 0. The van der Waals surface area contributed by atoms with Crippen LogP contribution in [0.3, 0.4) is 0 Å². The minimum absolute atomic E-state index is 0.265. The SMILES string of the molecule is CCCn1c(CO)nnc1Sc1ccc(F)cc1[N+](=O)[O-]. The van der Waals surface area contributed by atoms with Gasteiger partial charge in [0, 0.05) is 6.54 Å². The molecule has 0 saturated carbocycles. The molecule has 2 rings (SSSR count). The first kappa shape index (κ1) is 15.4. The minimum Gasteiger partial charge on any atom is -0.388 e. The lowest BCUT2D eigenvalue weighted by Crippen LogP contribution is -2.04. The van der Waals surface area contributed by atoms with Crippen molar-refractivity contribution in [2.75, 3.05) is 0 Å². The van der Waals surface area contributed by atoms with E-state index < -0.39 is 10.7 Å². The molecule has 112 valence electrons. The van der Waals surface area contributed by atoms with Crippen LogP contribution in [0.5, 0.6) is 0 Å². The van der Waals surface area contributed by atoms with Gasteiger partial charge in [0.1, 0.15) is 12.4 Å². The second kappa shape index (κ2) is 6.64. The number of rotatable bonds is 6. The molecule has 7 nitrogen and oxygen atoms in total. The fourth-order valence-corrected chi connectivity index (χ4v) is 2.74. The van der Waals surface area contributed by atoms with E-state index >= 15 is 0 Å². The first-order chi connectivity index (χ1) is 10.1. The van der Waals surface area contributed by atoms with Crippen molar-refractivity contribution in [1.82, 2.24) is 14.8 Å². The van der Waals surface area contributed by atoms with Crippen molar-refractivity contribution in [1.29, 1.82) is 0 Å². The smallest absolute Gasteiger partial charge is 0.286 e. The molecule has 0 fully saturated rings. The predicted octanol–water partition coefficient (Wildman–Crippen LogP) is 2.38. The van der Waals surface area contributed by atoms with Crippen LogP contribution in [-0.2, 0) is 13.2 Å². The number of aliphatic hydroxyl groups is 1. The molecule has 0 aliphatic heterocycles. The van der Waals surface area contributed by atoms with E-state index in [2.05, 4.69) is 10.2 Å². The Labute approximate surface area is 124 Å². The number of nitrogens with zero attached hydrogens (tertiary/aromatic N) is 4. The molecule has 0 saturated heterocycles. The van der Waals surface area contributed by atoms with Crippen molar-refractivity contribution in [2.45, 2.75) is 36.5 Å². The second-order valence-corrected chi connectivity index (χ2v) is 5.19. The maximum Gasteiger partial charge on any atom is 0.286 e. The largest absolute Gasteiger partial charge is 0.388 e. The minimum atomic E-state index is -0.669. The number of aromatic nitrogens is 3. The molecule has 0 radical (unpaired) electrons. The first-order valence-electron chi connectivity index (χ1n) is 6.21. The highest BCUT2D eigenvalue weighted by Gasteiger charge is 2.19. The zero-order valence-electron chi connectivity index (χ0n) is 11.2. The molecule has 0 aliphatic carbocycles. The van der Waals surface area contributed by atoms with Gasteiger partial charge in [-0.1, -0.05) is 6.92 Å². The van der Waals surface area contributed by atoms with Gasteiger partial charge in [0.15, 0.2) is 11.0 Å². The lowest BCUT2D eigenvalue weighted by atomic mass is 10.3. The molecule has 0 unspecified atom stereocenters. The standard InChI is InChI=1S/C12H13FN4O3S/c1-2-5-16-11(7-18)14-15-12(16)21-10-4-3-8(13)6-9(10)17(19)20/h3-4,6,18H,2,5,7H2,1H3. The molecule has 0 aliphatic rings. The third-order valence-corrected chi connectivity index (χ3v) is 3.75. The second-order valence-electron chi connectivity index (χ2n) is 4.18.